The van der Waals surface area contributed by atoms with Gasteiger partial charge in [0.15, 0.2) is 32.8 Å². The summed E-state index contributed by atoms with van der Waals surface area (Å²) >= 11 is -1.26. The van der Waals surface area contributed by atoms with E-state index in [1.165, 1.54) is 0 Å². The molecule has 0 amide bonds. The number of fused-ring (bicyclic) bond motifs is 3. The molecule has 0 saturated heterocycles. The molecule has 0 N–H and O–H groups in total. The number of rotatable bonds is 2. The fraction of sp³-hybridized carbons (Fsp3) is 0. The van der Waals surface area contributed by atoms with Crippen LogP contribution in [0.2, 0.25) is 0 Å². The Kier molecular flexibility index (Phi) is 3.59. The number of benzene rings is 4. The zero-order valence-corrected chi connectivity index (χ0v) is 14.5. The number of ether oxygens (including phenoxy) is 2. The second-order valence-electron chi connectivity index (χ2n) is 6.04. The highest BCUT2D eigenvalue weighted by molar-refractivity contribution is 7.91. The molecular formula is C22H14O3S. The summed E-state index contributed by atoms with van der Waals surface area (Å²) in [6.07, 6.45) is 0. The first-order valence-electron chi connectivity index (χ1n) is 8.27. The van der Waals surface area contributed by atoms with Gasteiger partial charge in [0, 0.05) is 17.2 Å². The first kappa shape index (κ1) is 15.3. The molecule has 4 aromatic carbocycles. The minimum absolute atomic E-state index is 0.578. The van der Waals surface area contributed by atoms with Gasteiger partial charge in [0.25, 0.3) is 0 Å². The Morgan fingerprint density at radius 3 is 1.81 bits per heavy atom. The van der Waals surface area contributed by atoms with Gasteiger partial charge in [-0.3, -0.25) is 0 Å². The Morgan fingerprint density at radius 1 is 0.538 bits per heavy atom. The molecule has 3 nitrogen and oxygen atoms in total. The lowest BCUT2D eigenvalue weighted by atomic mass is 10.1. The third kappa shape index (κ3) is 2.60. The summed E-state index contributed by atoms with van der Waals surface area (Å²) in [6, 6.07) is 26.8. The number of hydrogen-bond donors (Lipinski definition) is 0. The van der Waals surface area contributed by atoms with E-state index in [1.807, 2.05) is 78.9 Å². The SMILES string of the molecule is [O-][S+](c1ccccc1)c1ccc2c(c1)Oc1cc3ccccc3cc1O2. The molecule has 26 heavy (non-hydrogen) atoms. The molecule has 0 spiro atoms. The van der Waals surface area contributed by atoms with Gasteiger partial charge in [-0.2, -0.15) is 0 Å². The Bertz CT molecular complexity index is 1110. The van der Waals surface area contributed by atoms with Gasteiger partial charge in [-0.25, -0.2) is 0 Å². The second-order valence-corrected chi connectivity index (χ2v) is 7.52. The van der Waals surface area contributed by atoms with Gasteiger partial charge in [-0.05, 0) is 47.2 Å². The van der Waals surface area contributed by atoms with E-state index in [1.54, 1.807) is 6.07 Å². The molecule has 4 heteroatoms. The fourth-order valence-electron chi connectivity index (χ4n) is 3.04. The number of hydrogen-bond acceptors (Lipinski definition) is 3. The van der Waals surface area contributed by atoms with Crippen molar-refractivity contribution < 1.29 is 14.0 Å². The smallest absolute Gasteiger partial charge is 0.175 e. The fourth-order valence-corrected chi connectivity index (χ4v) is 4.13. The topological polar surface area (TPSA) is 41.5 Å². The molecular weight excluding hydrogens is 344 g/mol. The highest BCUT2D eigenvalue weighted by atomic mass is 32.2. The van der Waals surface area contributed by atoms with Crippen LogP contribution in [0, 0.1) is 0 Å². The van der Waals surface area contributed by atoms with Crippen molar-refractivity contribution in [3.63, 3.8) is 0 Å². The largest absolute Gasteiger partial charge is 0.606 e. The zero-order valence-electron chi connectivity index (χ0n) is 13.7. The van der Waals surface area contributed by atoms with Gasteiger partial charge in [0.05, 0.1) is 0 Å². The molecule has 0 aliphatic carbocycles. The lowest BCUT2D eigenvalue weighted by molar-refractivity contribution is 0.359. The zero-order chi connectivity index (χ0) is 17.5. The third-order valence-electron chi connectivity index (χ3n) is 4.34. The lowest BCUT2D eigenvalue weighted by Gasteiger charge is -2.22. The van der Waals surface area contributed by atoms with Crippen LogP contribution in [0.1, 0.15) is 0 Å². The van der Waals surface area contributed by atoms with Gasteiger partial charge in [0.1, 0.15) is 0 Å². The first-order chi connectivity index (χ1) is 12.8. The van der Waals surface area contributed by atoms with Gasteiger partial charge in [-0.1, -0.05) is 42.5 Å². The van der Waals surface area contributed by atoms with E-state index in [0.29, 0.717) is 27.9 Å². The van der Waals surface area contributed by atoms with Crippen molar-refractivity contribution in [1.82, 2.24) is 0 Å². The lowest BCUT2D eigenvalue weighted by Crippen LogP contribution is -2.04. The van der Waals surface area contributed by atoms with Gasteiger partial charge < -0.3 is 14.0 Å². The minimum atomic E-state index is -1.26. The molecule has 1 aliphatic heterocycles. The van der Waals surface area contributed by atoms with Crippen LogP contribution in [0.15, 0.2) is 94.7 Å². The van der Waals surface area contributed by atoms with Crippen LogP contribution in [-0.4, -0.2) is 4.55 Å². The second kappa shape index (κ2) is 6.09. The van der Waals surface area contributed by atoms with Gasteiger partial charge >= 0.3 is 0 Å². The first-order valence-corrected chi connectivity index (χ1v) is 9.42. The average Bonchev–Trinajstić information content (AvgIpc) is 2.70. The van der Waals surface area contributed by atoms with E-state index in [-0.39, 0.29) is 0 Å². The van der Waals surface area contributed by atoms with Crippen molar-refractivity contribution in [2.24, 2.45) is 0 Å². The standard InChI is InChI=1S/C22H14O3S/c23-26(17-8-2-1-3-9-17)18-10-11-19-22(14-18)25-21-13-16-7-5-4-6-15(16)12-20(21)24-19/h1-14H. The molecule has 1 unspecified atom stereocenters. The summed E-state index contributed by atoms with van der Waals surface area (Å²) in [7, 11) is 0. The van der Waals surface area contributed by atoms with E-state index in [0.717, 1.165) is 15.7 Å². The third-order valence-corrected chi connectivity index (χ3v) is 5.72. The van der Waals surface area contributed by atoms with Crippen molar-refractivity contribution in [2.45, 2.75) is 9.79 Å². The Hall–Kier alpha value is -2.95. The van der Waals surface area contributed by atoms with Crippen LogP contribution < -0.4 is 9.47 Å². The van der Waals surface area contributed by atoms with E-state index in [9.17, 15) is 4.55 Å². The van der Waals surface area contributed by atoms with E-state index in [4.69, 9.17) is 9.47 Å². The highest BCUT2D eigenvalue weighted by Crippen LogP contribution is 2.47. The van der Waals surface area contributed by atoms with Gasteiger partial charge in [0.2, 0.25) is 0 Å². The molecule has 0 aromatic heterocycles. The molecule has 0 radical (unpaired) electrons. The van der Waals surface area contributed by atoms with Crippen LogP contribution in [0.3, 0.4) is 0 Å². The van der Waals surface area contributed by atoms with Crippen molar-refractivity contribution in [2.75, 3.05) is 0 Å². The monoisotopic (exact) mass is 358 g/mol. The summed E-state index contributed by atoms with van der Waals surface area (Å²) < 4.78 is 24.8. The predicted octanol–water partition coefficient (Wildman–Crippen LogP) is 5.90. The quantitative estimate of drug-likeness (QED) is 0.369. The molecule has 4 aromatic rings. The summed E-state index contributed by atoms with van der Waals surface area (Å²) in [6.45, 7) is 0. The highest BCUT2D eigenvalue weighted by Gasteiger charge is 2.23. The molecule has 1 atom stereocenters. The van der Waals surface area contributed by atoms with E-state index >= 15 is 0 Å². The molecule has 0 fully saturated rings. The van der Waals surface area contributed by atoms with Crippen molar-refractivity contribution in [3.05, 3.63) is 84.9 Å². The maximum Gasteiger partial charge on any atom is 0.175 e. The van der Waals surface area contributed by atoms with Crippen LogP contribution in [0.4, 0.5) is 0 Å². The van der Waals surface area contributed by atoms with Crippen molar-refractivity contribution >= 4 is 21.9 Å². The minimum Gasteiger partial charge on any atom is -0.606 e. The van der Waals surface area contributed by atoms with E-state index in [2.05, 4.69) is 0 Å². The Balaban J connectivity index is 1.53. The summed E-state index contributed by atoms with van der Waals surface area (Å²) in [5, 5.41) is 2.18. The normalized spacial score (nSPS) is 13.3. The molecule has 126 valence electrons. The Morgan fingerprint density at radius 2 is 1.12 bits per heavy atom. The molecule has 5 rings (SSSR count). The van der Waals surface area contributed by atoms with Crippen LogP contribution in [0.25, 0.3) is 10.8 Å². The van der Waals surface area contributed by atoms with Crippen LogP contribution in [-0.2, 0) is 11.2 Å². The van der Waals surface area contributed by atoms with Crippen molar-refractivity contribution in [3.8, 4) is 23.0 Å². The van der Waals surface area contributed by atoms with Gasteiger partial charge in [-0.15, -0.1) is 0 Å². The summed E-state index contributed by atoms with van der Waals surface area (Å²) in [4.78, 5) is 1.44. The predicted molar refractivity (Wildman–Crippen MR) is 102 cm³/mol. The maximum atomic E-state index is 12.8. The maximum absolute atomic E-state index is 12.8. The van der Waals surface area contributed by atoms with Crippen LogP contribution in [0.5, 0.6) is 23.0 Å². The van der Waals surface area contributed by atoms with Crippen molar-refractivity contribution in [1.29, 1.82) is 0 Å². The molecule has 1 heterocycles. The van der Waals surface area contributed by atoms with E-state index < -0.39 is 11.2 Å². The molecule has 0 saturated carbocycles. The molecule has 0 bridgehead atoms. The van der Waals surface area contributed by atoms with Crippen LogP contribution >= 0.6 is 0 Å². The molecule has 1 aliphatic rings. The average molecular weight is 358 g/mol. The summed E-state index contributed by atoms with van der Waals surface area (Å²) in [5.74, 6) is 2.56. The Labute approximate surface area is 154 Å². The summed E-state index contributed by atoms with van der Waals surface area (Å²) in [5.41, 5.74) is 0.